The zero-order valence-electron chi connectivity index (χ0n) is 18.9. The molecule has 1 N–H and O–H groups in total. The molecule has 3 aromatic heterocycles. The number of hydrogen-bond donors (Lipinski definition) is 1. The Balaban J connectivity index is 1.39. The van der Waals surface area contributed by atoms with Crippen molar-refractivity contribution in [1.82, 2.24) is 24.5 Å². The van der Waals surface area contributed by atoms with E-state index in [9.17, 15) is 4.79 Å². The Hall–Kier alpha value is -3.85. The molecule has 34 heavy (non-hydrogen) atoms. The second-order valence-corrected chi connectivity index (χ2v) is 8.39. The predicted molar refractivity (Wildman–Crippen MR) is 132 cm³/mol. The molecule has 5 rings (SSSR count). The number of carbonyl (C=O) groups is 1. The quantitative estimate of drug-likeness (QED) is 0.467. The van der Waals surface area contributed by atoms with E-state index < -0.39 is 0 Å². The Morgan fingerprint density at radius 2 is 1.94 bits per heavy atom. The third kappa shape index (κ3) is 4.22. The number of methoxy groups -OCH3 is 1. The molecule has 4 heterocycles. The van der Waals surface area contributed by atoms with Gasteiger partial charge in [0.2, 0.25) is 11.9 Å². The van der Waals surface area contributed by atoms with E-state index in [-0.39, 0.29) is 5.91 Å². The number of nitrogens with one attached hydrogen (secondary N) is 1. The zero-order chi connectivity index (χ0) is 23.7. The van der Waals surface area contributed by atoms with Gasteiger partial charge in [0, 0.05) is 56.6 Å². The van der Waals surface area contributed by atoms with E-state index in [1.807, 2.05) is 47.5 Å². The zero-order valence-corrected chi connectivity index (χ0v) is 19.7. The molecule has 1 saturated heterocycles. The Morgan fingerprint density at radius 1 is 1.12 bits per heavy atom. The van der Waals surface area contributed by atoms with Gasteiger partial charge in [0.15, 0.2) is 0 Å². The number of nitrogens with zero attached hydrogens (tertiary/aromatic N) is 6. The van der Waals surface area contributed by atoms with Gasteiger partial charge in [-0.2, -0.15) is 5.10 Å². The van der Waals surface area contributed by atoms with Crippen molar-refractivity contribution in [1.29, 1.82) is 0 Å². The first-order valence-electron chi connectivity index (χ1n) is 10.9. The molecular weight excluding hydrogens is 454 g/mol. The van der Waals surface area contributed by atoms with Crippen molar-refractivity contribution in [2.24, 2.45) is 0 Å². The monoisotopic (exact) mass is 477 g/mol. The Bertz CT molecular complexity index is 1350. The molecule has 9 nitrogen and oxygen atoms in total. The van der Waals surface area contributed by atoms with E-state index >= 15 is 0 Å². The van der Waals surface area contributed by atoms with Gasteiger partial charge in [-0.25, -0.2) is 14.5 Å². The highest BCUT2D eigenvalue weighted by atomic mass is 35.5. The van der Waals surface area contributed by atoms with Gasteiger partial charge < -0.3 is 19.9 Å². The molecule has 0 bridgehead atoms. The summed E-state index contributed by atoms with van der Waals surface area (Å²) in [7, 11) is 1.63. The van der Waals surface area contributed by atoms with Gasteiger partial charge in [-0.15, -0.1) is 0 Å². The number of halogens is 1. The van der Waals surface area contributed by atoms with Gasteiger partial charge in [-0.1, -0.05) is 17.7 Å². The highest BCUT2D eigenvalue weighted by Gasteiger charge is 2.20. The van der Waals surface area contributed by atoms with Crippen molar-refractivity contribution < 1.29 is 9.53 Å². The lowest BCUT2D eigenvalue weighted by atomic mass is 10.2. The molecular formula is C24H24ClN7O2. The van der Waals surface area contributed by atoms with Crippen LogP contribution in [-0.4, -0.2) is 63.7 Å². The number of anilines is 3. The normalized spacial score (nSPS) is 13.9. The van der Waals surface area contributed by atoms with Gasteiger partial charge in [-0.05, 0) is 24.3 Å². The van der Waals surface area contributed by atoms with Crippen LogP contribution in [0.1, 0.15) is 6.92 Å². The Kier molecular flexibility index (Phi) is 5.93. The number of hydrogen-bond acceptors (Lipinski definition) is 7. The number of ether oxygens (including phenoxy) is 1. The SMILES string of the molecule is COc1cc(N2CCN(C(C)=O)CC2)ccc1Nc1ncc(Cl)c(-c2cnn3ccccc23)n1. The second kappa shape index (κ2) is 9.18. The number of carbonyl (C=O) groups excluding carboxylic acids is 1. The van der Waals surface area contributed by atoms with E-state index in [1.165, 1.54) is 0 Å². The number of piperazine rings is 1. The van der Waals surface area contributed by atoms with E-state index in [0.717, 1.165) is 35.5 Å². The van der Waals surface area contributed by atoms with Crippen LogP contribution in [0.3, 0.4) is 0 Å². The Morgan fingerprint density at radius 3 is 2.71 bits per heavy atom. The lowest BCUT2D eigenvalue weighted by molar-refractivity contribution is -0.129. The lowest BCUT2D eigenvalue weighted by Gasteiger charge is -2.35. The van der Waals surface area contributed by atoms with Crippen molar-refractivity contribution in [3.8, 4) is 17.0 Å². The van der Waals surface area contributed by atoms with Crippen LogP contribution in [0.4, 0.5) is 17.3 Å². The maximum absolute atomic E-state index is 11.6. The minimum atomic E-state index is 0.114. The summed E-state index contributed by atoms with van der Waals surface area (Å²) in [5, 5.41) is 8.07. The molecule has 174 valence electrons. The fourth-order valence-corrected chi connectivity index (χ4v) is 4.31. The molecule has 4 aromatic rings. The summed E-state index contributed by atoms with van der Waals surface area (Å²) in [6, 6.07) is 11.8. The number of fused-ring (bicyclic) bond motifs is 1. The summed E-state index contributed by atoms with van der Waals surface area (Å²) in [4.78, 5) is 24.7. The van der Waals surface area contributed by atoms with Crippen molar-refractivity contribution >= 4 is 40.3 Å². The van der Waals surface area contributed by atoms with E-state index in [1.54, 1.807) is 30.9 Å². The fraction of sp³-hybridized carbons (Fsp3) is 0.250. The molecule has 1 fully saturated rings. The predicted octanol–water partition coefficient (Wildman–Crippen LogP) is 3.87. The fourth-order valence-electron chi connectivity index (χ4n) is 4.11. The van der Waals surface area contributed by atoms with Crippen LogP contribution in [0.15, 0.2) is 55.0 Å². The first-order chi connectivity index (χ1) is 16.5. The van der Waals surface area contributed by atoms with Gasteiger partial charge in [-0.3, -0.25) is 4.79 Å². The van der Waals surface area contributed by atoms with Crippen LogP contribution in [0.2, 0.25) is 5.02 Å². The molecule has 0 unspecified atom stereocenters. The van der Waals surface area contributed by atoms with Crippen LogP contribution in [0.5, 0.6) is 5.75 Å². The summed E-state index contributed by atoms with van der Waals surface area (Å²) in [6.45, 7) is 4.59. The molecule has 10 heteroatoms. The number of aromatic nitrogens is 4. The summed E-state index contributed by atoms with van der Waals surface area (Å²) in [6.07, 6.45) is 5.20. The summed E-state index contributed by atoms with van der Waals surface area (Å²) in [5.74, 6) is 1.18. The average molecular weight is 478 g/mol. The molecule has 0 aliphatic carbocycles. The largest absolute Gasteiger partial charge is 0.494 e. The van der Waals surface area contributed by atoms with Gasteiger partial charge in [0.25, 0.3) is 0 Å². The van der Waals surface area contributed by atoms with Crippen LogP contribution >= 0.6 is 11.6 Å². The molecule has 1 aromatic carbocycles. The van der Waals surface area contributed by atoms with Crippen molar-refractivity contribution in [3.63, 3.8) is 0 Å². The summed E-state index contributed by atoms with van der Waals surface area (Å²) < 4.78 is 7.42. The van der Waals surface area contributed by atoms with Gasteiger partial charge in [0.1, 0.15) is 5.75 Å². The van der Waals surface area contributed by atoms with E-state index in [2.05, 4.69) is 25.3 Å². The molecule has 1 aliphatic rings. The second-order valence-electron chi connectivity index (χ2n) is 7.98. The number of benzene rings is 1. The molecule has 1 amide bonds. The minimum Gasteiger partial charge on any atom is -0.494 e. The van der Waals surface area contributed by atoms with E-state index in [4.69, 9.17) is 16.3 Å². The van der Waals surface area contributed by atoms with Crippen molar-refractivity contribution in [3.05, 3.63) is 60.0 Å². The van der Waals surface area contributed by atoms with Crippen molar-refractivity contribution in [2.75, 3.05) is 43.5 Å². The molecule has 0 saturated carbocycles. The van der Waals surface area contributed by atoms with Gasteiger partial charge >= 0.3 is 0 Å². The van der Waals surface area contributed by atoms with Crippen LogP contribution < -0.4 is 15.0 Å². The number of pyridine rings is 1. The highest BCUT2D eigenvalue weighted by molar-refractivity contribution is 6.33. The summed E-state index contributed by atoms with van der Waals surface area (Å²) in [5.41, 5.74) is 4.10. The van der Waals surface area contributed by atoms with Crippen LogP contribution in [-0.2, 0) is 4.79 Å². The first kappa shape index (κ1) is 22.0. The third-order valence-corrected chi connectivity index (χ3v) is 6.22. The third-order valence-electron chi connectivity index (χ3n) is 5.95. The van der Waals surface area contributed by atoms with Gasteiger partial charge in [0.05, 0.1) is 41.4 Å². The molecule has 0 spiro atoms. The van der Waals surface area contributed by atoms with E-state index in [0.29, 0.717) is 35.5 Å². The van der Waals surface area contributed by atoms with Crippen LogP contribution in [0.25, 0.3) is 16.8 Å². The smallest absolute Gasteiger partial charge is 0.227 e. The lowest BCUT2D eigenvalue weighted by Crippen LogP contribution is -2.48. The Labute approximate surface area is 201 Å². The molecule has 1 aliphatic heterocycles. The maximum Gasteiger partial charge on any atom is 0.227 e. The maximum atomic E-state index is 11.6. The summed E-state index contributed by atoms with van der Waals surface area (Å²) >= 11 is 6.44. The highest BCUT2D eigenvalue weighted by Crippen LogP contribution is 2.34. The topological polar surface area (TPSA) is 87.9 Å². The van der Waals surface area contributed by atoms with Crippen molar-refractivity contribution in [2.45, 2.75) is 6.92 Å². The van der Waals surface area contributed by atoms with Crippen LogP contribution in [0, 0.1) is 0 Å². The molecule has 0 radical (unpaired) electrons. The molecule has 0 atom stereocenters. The minimum absolute atomic E-state index is 0.114. The first-order valence-corrected chi connectivity index (χ1v) is 11.3. The number of rotatable bonds is 5. The number of amides is 1. The average Bonchev–Trinajstić information content (AvgIpc) is 3.29. The standard InChI is InChI=1S/C24H24ClN7O2/c1-16(33)30-9-11-31(12-10-30)17-6-7-20(22(13-17)34-2)28-24-26-15-19(25)23(29-24)18-14-27-32-8-4-3-5-21(18)32/h3-8,13-15H,9-12H2,1-2H3,(H,26,28,29).